The van der Waals surface area contributed by atoms with Gasteiger partial charge >= 0.3 is 6.09 Å². The van der Waals surface area contributed by atoms with Crippen LogP contribution in [0.4, 0.5) is 26.5 Å². The van der Waals surface area contributed by atoms with Crippen molar-refractivity contribution in [2.75, 3.05) is 16.8 Å². The van der Waals surface area contributed by atoms with E-state index in [1.165, 1.54) is 17.0 Å². The molecule has 2 aliphatic rings. The number of anilines is 3. The minimum absolute atomic E-state index is 0.135. The molecule has 1 amide bonds. The van der Waals surface area contributed by atoms with Crippen molar-refractivity contribution in [3.63, 3.8) is 0 Å². The molecule has 0 unspecified atom stereocenters. The molecule has 0 saturated heterocycles. The second kappa shape index (κ2) is 9.93. The van der Waals surface area contributed by atoms with Crippen molar-refractivity contribution in [1.29, 1.82) is 0 Å². The van der Waals surface area contributed by atoms with Crippen LogP contribution in [0.25, 0.3) is 5.65 Å². The van der Waals surface area contributed by atoms with Crippen LogP contribution in [-0.4, -0.2) is 44.0 Å². The van der Waals surface area contributed by atoms with E-state index in [1.54, 1.807) is 44.3 Å². The predicted octanol–water partition coefficient (Wildman–Crippen LogP) is 6.09. The van der Waals surface area contributed by atoms with Gasteiger partial charge < -0.3 is 15.2 Å². The lowest BCUT2D eigenvalue weighted by molar-refractivity contribution is 0.0597. The number of ether oxygens (including phenoxy) is 1. The summed E-state index contributed by atoms with van der Waals surface area (Å²) in [6, 6.07) is 6.23. The molecule has 2 heterocycles. The highest BCUT2D eigenvalue weighted by atomic mass is 19.1. The minimum atomic E-state index is -0.759. The van der Waals surface area contributed by atoms with E-state index < -0.39 is 17.5 Å². The fourth-order valence-electron chi connectivity index (χ4n) is 5.04. The van der Waals surface area contributed by atoms with Crippen molar-refractivity contribution in [1.82, 2.24) is 14.6 Å². The van der Waals surface area contributed by atoms with Gasteiger partial charge in [0.05, 0.1) is 18.0 Å². The first kappa shape index (κ1) is 25.4. The van der Waals surface area contributed by atoms with Crippen molar-refractivity contribution in [3.8, 4) is 0 Å². The van der Waals surface area contributed by atoms with Crippen LogP contribution >= 0.6 is 0 Å². The molecular weight excluding hydrogens is 473 g/mol. The monoisotopic (exact) mass is 509 g/mol. The zero-order valence-electron chi connectivity index (χ0n) is 22.0. The second-order valence-electron chi connectivity index (χ2n) is 11.4. The SMILES string of the molecule is Cc1cc(F)cc(N(C(=O)OC(C)(C)C)c2cc(NC[C@H]3CCCC[C@@H]3O)nc3c(C4CC4)cnn23)c1. The Morgan fingerprint density at radius 1 is 1.19 bits per heavy atom. The number of aliphatic hydroxyl groups is 1. The number of carbonyl (C=O) groups is 1. The molecule has 2 aliphatic carbocycles. The number of nitrogens with one attached hydrogen (secondary N) is 1. The van der Waals surface area contributed by atoms with Gasteiger partial charge in [-0.05, 0) is 83.1 Å². The summed E-state index contributed by atoms with van der Waals surface area (Å²) in [5.74, 6) is 1.06. The van der Waals surface area contributed by atoms with Gasteiger partial charge in [0.1, 0.15) is 23.1 Å². The van der Waals surface area contributed by atoms with Crippen molar-refractivity contribution in [2.24, 2.45) is 5.92 Å². The van der Waals surface area contributed by atoms with Gasteiger partial charge in [-0.3, -0.25) is 0 Å². The van der Waals surface area contributed by atoms with E-state index in [0.717, 1.165) is 44.1 Å². The molecule has 2 saturated carbocycles. The van der Waals surface area contributed by atoms with Crippen LogP contribution in [-0.2, 0) is 4.74 Å². The van der Waals surface area contributed by atoms with Crippen molar-refractivity contribution >= 4 is 29.1 Å². The molecule has 8 nitrogen and oxygen atoms in total. The number of rotatable bonds is 6. The summed E-state index contributed by atoms with van der Waals surface area (Å²) < 4.78 is 21.9. The number of aryl methyl sites for hydroxylation is 1. The zero-order chi connectivity index (χ0) is 26.3. The van der Waals surface area contributed by atoms with Crippen LogP contribution in [0.1, 0.15) is 76.3 Å². The lowest BCUT2D eigenvalue weighted by atomic mass is 9.86. The van der Waals surface area contributed by atoms with Crippen LogP contribution in [0.3, 0.4) is 0 Å². The van der Waals surface area contributed by atoms with E-state index in [2.05, 4.69) is 10.4 Å². The predicted molar refractivity (Wildman–Crippen MR) is 141 cm³/mol. The largest absolute Gasteiger partial charge is 0.443 e. The van der Waals surface area contributed by atoms with E-state index in [0.29, 0.717) is 41.0 Å². The molecule has 37 heavy (non-hydrogen) atoms. The van der Waals surface area contributed by atoms with Crippen LogP contribution < -0.4 is 10.2 Å². The summed E-state index contributed by atoms with van der Waals surface area (Å²) in [6.07, 6.45) is 6.89. The Kier molecular flexibility index (Phi) is 6.83. The molecule has 0 aliphatic heterocycles. The number of fused-ring (bicyclic) bond motifs is 1. The number of benzene rings is 1. The molecule has 2 atom stereocenters. The fraction of sp³-hybridized carbons (Fsp3) is 0.536. The summed E-state index contributed by atoms with van der Waals surface area (Å²) in [5, 5.41) is 18.5. The first-order valence-corrected chi connectivity index (χ1v) is 13.2. The van der Waals surface area contributed by atoms with Gasteiger partial charge in [0, 0.05) is 24.1 Å². The standard InChI is InChI=1S/C28H36FN5O3/c1-17-11-20(29)13-21(12-17)33(27(36)37-28(2,3)4)25-14-24(30-15-19-7-5-6-8-23(19)35)32-26-22(18-9-10-18)16-31-34(25)26/h11-14,16,18-19,23,35H,5-10,15H2,1-4H3,(H,30,32)/t19-,23+/m1/s1. The van der Waals surface area contributed by atoms with Crippen molar-refractivity contribution < 1.29 is 19.0 Å². The lowest BCUT2D eigenvalue weighted by Gasteiger charge is -2.29. The maximum absolute atomic E-state index is 14.5. The van der Waals surface area contributed by atoms with E-state index >= 15 is 0 Å². The van der Waals surface area contributed by atoms with E-state index in [1.807, 2.05) is 6.20 Å². The molecule has 5 rings (SSSR count). The Labute approximate surface area is 216 Å². The first-order chi connectivity index (χ1) is 17.6. The second-order valence-corrected chi connectivity index (χ2v) is 11.4. The molecule has 3 aromatic rings. The maximum atomic E-state index is 14.5. The average Bonchev–Trinajstić information content (AvgIpc) is 3.55. The van der Waals surface area contributed by atoms with E-state index in [-0.39, 0.29) is 12.0 Å². The Balaban J connectivity index is 1.61. The van der Waals surface area contributed by atoms with Gasteiger partial charge in [-0.15, -0.1) is 0 Å². The molecule has 198 valence electrons. The quantitative estimate of drug-likeness (QED) is 0.418. The molecule has 0 radical (unpaired) electrons. The zero-order valence-corrected chi connectivity index (χ0v) is 22.0. The average molecular weight is 510 g/mol. The molecule has 2 fully saturated rings. The third-order valence-corrected chi connectivity index (χ3v) is 7.00. The summed E-state index contributed by atoms with van der Waals surface area (Å²) in [5.41, 5.74) is 1.95. The molecule has 0 spiro atoms. The van der Waals surface area contributed by atoms with Gasteiger partial charge in [0.25, 0.3) is 0 Å². The number of nitrogens with zero attached hydrogens (tertiary/aromatic N) is 4. The number of hydrogen-bond donors (Lipinski definition) is 2. The first-order valence-electron chi connectivity index (χ1n) is 13.2. The van der Waals surface area contributed by atoms with Crippen LogP contribution in [0, 0.1) is 18.7 Å². The summed E-state index contributed by atoms with van der Waals surface area (Å²) in [6.45, 7) is 7.74. The third-order valence-electron chi connectivity index (χ3n) is 7.00. The van der Waals surface area contributed by atoms with Crippen LogP contribution in [0.15, 0.2) is 30.5 Å². The van der Waals surface area contributed by atoms with Crippen LogP contribution in [0.2, 0.25) is 0 Å². The molecule has 2 aromatic heterocycles. The van der Waals surface area contributed by atoms with Crippen molar-refractivity contribution in [2.45, 2.75) is 83.8 Å². The minimum Gasteiger partial charge on any atom is -0.443 e. The number of halogens is 1. The summed E-state index contributed by atoms with van der Waals surface area (Å²) >= 11 is 0. The highest BCUT2D eigenvalue weighted by Crippen LogP contribution is 2.43. The molecule has 2 N–H and O–H groups in total. The molecular formula is C28H36FN5O3. The Morgan fingerprint density at radius 2 is 1.95 bits per heavy atom. The molecule has 9 heteroatoms. The molecule has 1 aromatic carbocycles. The fourth-order valence-corrected chi connectivity index (χ4v) is 5.04. The summed E-state index contributed by atoms with van der Waals surface area (Å²) in [7, 11) is 0. The highest BCUT2D eigenvalue weighted by molar-refractivity contribution is 5.96. The normalized spacial score (nSPS) is 20.2. The lowest BCUT2D eigenvalue weighted by Crippen LogP contribution is -2.35. The van der Waals surface area contributed by atoms with Crippen LogP contribution in [0.5, 0.6) is 0 Å². The van der Waals surface area contributed by atoms with Gasteiger partial charge in [0.15, 0.2) is 5.65 Å². The van der Waals surface area contributed by atoms with Gasteiger partial charge in [-0.1, -0.05) is 12.8 Å². The Morgan fingerprint density at radius 3 is 2.62 bits per heavy atom. The van der Waals surface area contributed by atoms with Gasteiger partial charge in [-0.25, -0.2) is 19.1 Å². The summed E-state index contributed by atoms with van der Waals surface area (Å²) in [4.78, 5) is 19.8. The number of aromatic nitrogens is 3. The Hall–Kier alpha value is -3.20. The topological polar surface area (TPSA) is 92.0 Å². The van der Waals surface area contributed by atoms with Crippen molar-refractivity contribution in [3.05, 3.63) is 47.4 Å². The highest BCUT2D eigenvalue weighted by Gasteiger charge is 2.32. The third kappa shape index (κ3) is 5.71. The van der Waals surface area contributed by atoms with E-state index in [4.69, 9.17) is 9.72 Å². The van der Waals surface area contributed by atoms with E-state index in [9.17, 15) is 14.3 Å². The number of carbonyl (C=O) groups excluding carboxylic acids is 1. The van der Waals surface area contributed by atoms with Gasteiger partial charge in [0.2, 0.25) is 0 Å². The number of aliphatic hydroxyl groups excluding tert-OH is 1. The molecule has 0 bridgehead atoms. The number of amides is 1. The smallest absolute Gasteiger partial charge is 0.420 e. The maximum Gasteiger partial charge on any atom is 0.420 e. The van der Waals surface area contributed by atoms with Gasteiger partial charge in [-0.2, -0.15) is 9.61 Å². The Bertz CT molecular complexity index is 1280. The number of hydrogen-bond acceptors (Lipinski definition) is 6.